The van der Waals surface area contributed by atoms with Crippen LogP contribution in [-0.2, 0) is 0 Å². The molecule has 0 aliphatic carbocycles. The Morgan fingerprint density at radius 3 is 2.75 bits per heavy atom. The van der Waals surface area contributed by atoms with Gasteiger partial charge in [-0.15, -0.1) is 0 Å². The van der Waals surface area contributed by atoms with Crippen LogP contribution in [0.3, 0.4) is 0 Å². The number of anilines is 1. The number of aliphatic hydroxyl groups is 1. The molecule has 3 heterocycles. The Bertz CT molecular complexity index is 1190. The molecular weight excluding hydrogens is 459 g/mol. The zero-order valence-corrected chi connectivity index (χ0v) is 18.4. The number of pyridine rings is 1. The van der Waals surface area contributed by atoms with Crippen LogP contribution in [0.25, 0.3) is 11.3 Å². The first kappa shape index (κ1) is 22.7. The van der Waals surface area contributed by atoms with E-state index in [9.17, 15) is 23.4 Å². The second-order valence-corrected chi connectivity index (χ2v) is 10.4. The van der Waals surface area contributed by atoms with Crippen LogP contribution in [0.2, 0.25) is 5.02 Å². The van der Waals surface area contributed by atoms with Crippen molar-refractivity contribution in [2.45, 2.75) is 18.5 Å². The second-order valence-electron chi connectivity index (χ2n) is 7.60. The highest BCUT2D eigenvalue weighted by Crippen LogP contribution is 2.46. The smallest absolute Gasteiger partial charge is 0.251 e. The number of rotatable bonds is 6. The van der Waals surface area contributed by atoms with Crippen LogP contribution in [-0.4, -0.2) is 52.9 Å². The highest BCUT2D eigenvalue weighted by Gasteiger charge is 2.28. The predicted octanol–water partition coefficient (Wildman–Crippen LogP) is 3.61. The molecule has 170 valence electrons. The second kappa shape index (κ2) is 9.16. The Kier molecular flexibility index (Phi) is 6.50. The first-order valence-electron chi connectivity index (χ1n) is 9.87. The van der Waals surface area contributed by atoms with Crippen LogP contribution in [0.15, 0.2) is 53.6 Å². The molecular formula is C21H22ClFN4O4S. The van der Waals surface area contributed by atoms with E-state index in [1.165, 1.54) is 29.0 Å². The molecule has 1 aliphatic heterocycles. The van der Waals surface area contributed by atoms with Gasteiger partial charge in [-0.25, -0.2) is 14.4 Å². The van der Waals surface area contributed by atoms with E-state index in [4.69, 9.17) is 11.6 Å². The van der Waals surface area contributed by atoms with Gasteiger partial charge in [0.05, 0.1) is 29.1 Å². The maximum absolute atomic E-state index is 13.9. The van der Waals surface area contributed by atoms with Crippen molar-refractivity contribution < 1.29 is 18.6 Å². The zero-order chi connectivity index (χ0) is 22.9. The molecule has 1 aromatic carbocycles. The van der Waals surface area contributed by atoms with Crippen molar-refractivity contribution in [1.82, 2.24) is 14.5 Å². The van der Waals surface area contributed by atoms with E-state index in [1.807, 2.05) is 0 Å². The molecule has 0 saturated carbocycles. The van der Waals surface area contributed by atoms with E-state index < -0.39 is 34.6 Å². The third kappa shape index (κ3) is 4.94. The highest BCUT2D eigenvalue weighted by molar-refractivity contribution is 8.24. The molecule has 2 atom stereocenters. The number of aliphatic hydroxyl groups excluding tert-OH is 1. The van der Waals surface area contributed by atoms with Crippen molar-refractivity contribution in [3.8, 4) is 11.3 Å². The fraction of sp³-hybridized carbons (Fsp3) is 0.286. The Morgan fingerprint density at radius 2 is 2.09 bits per heavy atom. The van der Waals surface area contributed by atoms with Crippen molar-refractivity contribution in [3.63, 3.8) is 0 Å². The van der Waals surface area contributed by atoms with E-state index in [2.05, 4.69) is 15.3 Å². The molecule has 32 heavy (non-hydrogen) atoms. The molecule has 0 amide bonds. The molecule has 4 rings (SSSR count). The maximum atomic E-state index is 13.9. The normalized spacial score (nSPS) is 19.5. The lowest BCUT2D eigenvalue weighted by Gasteiger charge is -2.26. The van der Waals surface area contributed by atoms with Gasteiger partial charge in [0, 0.05) is 35.8 Å². The van der Waals surface area contributed by atoms with Gasteiger partial charge in [0.1, 0.15) is 5.82 Å². The van der Waals surface area contributed by atoms with Gasteiger partial charge in [0.25, 0.3) is 5.56 Å². The average molecular weight is 481 g/mol. The SMILES string of the molecule is O=c1cc(-c2ccnc(NC3CCS(O)(O)C3)n2)ccn1[C@H](CO)c1ccc(Cl)c(F)c1. The van der Waals surface area contributed by atoms with E-state index in [0.717, 1.165) is 0 Å². The summed E-state index contributed by atoms with van der Waals surface area (Å²) in [7, 11) is -2.54. The number of nitrogens with zero attached hydrogens (tertiary/aromatic N) is 3. The number of hydrogen-bond donors (Lipinski definition) is 4. The van der Waals surface area contributed by atoms with Crippen molar-refractivity contribution >= 4 is 28.1 Å². The van der Waals surface area contributed by atoms with E-state index in [1.54, 1.807) is 24.4 Å². The highest BCUT2D eigenvalue weighted by atomic mass is 35.5. The largest absolute Gasteiger partial charge is 0.394 e. The minimum Gasteiger partial charge on any atom is -0.394 e. The zero-order valence-electron chi connectivity index (χ0n) is 16.9. The molecule has 0 spiro atoms. The van der Waals surface area contributed by atoms with Crippen LogP contribution in [0.4, 0.5) is 10.3 Å². The number of aromatic nitrogens is 3. The summed E-state index contributed by atoms with van der Waals surface area (Å²) in [6.45, 7) is -0.400. The van der Waals surface area contributed by atoms with E-state index >= 15 is 0 Å². The Morgan fingerprint density at radius 1 is 1.28 bits per heavy atom. The lowest BCUT2D eigenvalue weighted by Crippen LogP contribution is -2.27. The summed E-state index contributed by atoms with van der Waals surface area (Å²) >= 11 is 5.73. The minimum absolute atomic E-state index is 0.0380. The van der Waals surface area contributed by atoms with Gasteiger partial charge in [0.15, 0.2) is 0 Å². The lowest BCUT2D eigenvalue weighted by atomic mass is 10.1. The number of hydrogen-bond acceptors (Lipinski definition) is 7. The van der Waals surface area contributed by atoms with Crippen molar-refractivity contribution in [2.24, 2.45) is 0 Å². The van der Waals surface area contributed by atoms with Crippen LogP contribution in [0, 0.1) is 5.82 Å². The molecule has 8 nitrogen and oxygen atoms in total. The quantitative estimate of drug-likeness (QED) is 0.425. The first-order valence-corrected chi connectivity index (χ1v) is 12.1. The third-order valence-electron chi connectivity index (χ3n) is 5.33. The van der Waals surface area contributed by atoms with Gasteiger partial charge in [-0.1, -0.05) is 17.7 Å². The summed E-state index contributed by atoms with van der Waals surface area (Å²) < 4.78 is 34.7. The predicted molar refractivity (Wildman–Crippen MR) is 123 cm³/mol. The molecule has 3 aromatic rings. The van der Waals surface area contributed by atoms with Crippen LogP contribution >= 0.6 is 22.2 Å². The van der Waals surface area contributed by atoms with Crippen molar-refractivity contribution in [1.29, 1.82) is 0 Å². The van der Waals surface area contributed by atoms with Crippen molar-refractivity contribution in [2.75, 3.05) is 23.4 Å². The first-order chi connectivity index (χ1) is 15.3. The van der Waals surface area contributed by atoms with Crippen LogP contribution in [0.1, 0.15) is 18.0 Å². The lowest BCUT2D eigenvalue weighted by molar-refractivity contribution is 0.247. The van der Waals surface area contributed by atoms with Gasteiger partial charge in [0.2, 0.25) is 5.95 Å². The standard InChI is InChI=1S/C21H22ClFN4O4S/c22-16-2-1-14(9-17(16)23)19(11-28)27-7-4-13(10-20(27)29)18-3-6-24-21(26-18)25-15-5-8-32(30,31)12-15/h1-4,6-7,9-10,15,19,28,30-31H,5,8,11-12H2,(H,24,25,26)/t15?,19-/m1/s1. The fourth-order valence-electron chi connectivity index (χ4n) is 3.69. The monoisotopic (exact) mass is 480 g/mol. The molecule has 0 radical (unpaired) electrons. The minimum atomic E-state index is -2.54. The summed E-state index contributed by atoms with van der Waals surface area (Å²) in [5, 5.41) is 12.9. The molecule has 11 heteroatoms. The topological polar surface area (TPSA) is 121 Å². The Labute approximate surface area is 190 Å². The van der Waals surface area contributed by atoms with Crippen LogP contribution < -0.4 is 10.9 Å². The Balaban J connectivity index is 1.58. The fourth-order valence-corrected chi connectivity index (χ4v) is 5.53. The molecule has 0 bridgehead atoms. The van der Waals surface area contributed by atoms with Crippen molar-refractivity contribution in [3.05, 3.63) is 75.5 Å². The van der Waals surface area contributed by atoms with E-state index in [-0.39, 0.29) is 16.8 Å². The summed E-state index contributed by atoms with van der Waals surface area (Å²) in [5.41, 5.74) is 1.08. The molecule has 2 aromatic heterocycles. The van der Waals surface area contributed by atoms with Crippen LogP contribution in [0.5, 0.6) is 0 Å². The molecule has 1 aliphatic rings. The maximum Gasteiger partial charge on any atom is 0.251 e. The molecule has 1 fully saturated rings. The van der Waals surface area contributed by atoms with Gasteiger partial charge >= 0.3 is 0 Å². The molecule has 4 N–H and O–H groups in total. The van der Waals surface area contributed by atoms with Gasteiger partial charge in [-0.3, -0.25) is 13.9 Å². The number of halogens is 2. The van der Waals surface area contributed by atoms with Gasteiger partial charge in [-0.2, -0.15) is 10.6 Å². The average Bonchev–Trinajstić information content (AvgIpc) is 3.10. The summed E-state index contributed by atoms with van der Waals surface area (Å²) in [4.78, 5) is 21.4. The Hall–Kier alpha value is -2.50. The summed E-state index contributed by atoms with van der Waals surface area (Å²) in [5.74, 6) is 0.312. The molecule has 1 unspecified atom stereocenters. The molecule has 1 saturated heterocycles. The number of benzene rings is 1. The summed E-state index contributed by atoms with van der Waals surface area (Å²) in [6, 6.07) is 7.96. The van der Waals surface area contributed by atoms with E-state index in [0.29, 0.717) is 34.9 Å². The van der Waals surface area contributed by atoms with Gasteiger partial charge < -0.3 is 15.0 Å². The summed E-state index contributed by atoms with van der Waals surface area (Å²) in [6.07, 6.45) is 3.68. The third-order valence-corrected chi connectivity index (χ3v) is 7.46. The number of nitrogens with one attached hydrogen (secondary N) is 1. The van der Waals surface area contributed by atoms with Gasteiger partial charge in [-0.05, 0) is 36.2 Å².